The Hall–Kier alpha value is -0.790. The van der Waals surface area contributed by atoms with Crippen molar-refractivity contribution in [3.63, 3.8) is 0 Å². The van der Waals surface area contributed by atoms with Crippen molar-refractivity contribution in [1.29, 1.82) is 0 Å². The summed E-state index contributed by atoms with van der Waals surface area (Å²) in [7, 11) is 0. The van der Waals surface area contributed by atoms with Crippen molar-refractivity contribution in [2.75, 3.05) is 0 Å². The van der Waals surface area contributed by atoms with Gasteiger partial charge in [0.1, 0.15) is 0 Å². The van der Waals surface area contributed by atoms with E-state index in [2.05, 4.69) is 11.9 Å². The molecule has 0 saturated heterocycles. The van der Waals surface area contributed by atoms with Crippen LogP contribution in [0.25, 0.3) is 0 Å². The molecule has 0 saturated carbocycles. The zero-order valence-electron chi connectivity index (χ0n) is 4.27. The average molecular weight is 100 g/mol. The van der Waals surface area contributed by atoms with Gasteiger partial charge in [-0.1, -0.05) is 6.08 Å². The third-order valence-corrected chi connectivity index (χ3v) is 0.404. The van der Waals surface area contributed by atoms with Crippen LogP contribution in [0.15, 0.2) is 12.7 Å². The standard InChI is InChI=1S/C5H8NO/c1-3-4-6-5(2)7/h3-4H,1H2,2H3,(H,6,7)/i5+2. The van der Waals surface area contributed by atoms with Gasteiger partial charge >= 0.3 is 0 Å². The van der Waals surface area contributed by atoms with E-state index < -0.39 is 0 Å². The molecular weight excluding hydrogens is 92.1 g/mol. The molecule has 1 amide bonds. The van der Waals surface area contributed by atoms with Gasteiger partial charge in [0, 0.05) is 6.92 Å². The van der Waals surface area contributed by atoms with Gasteiger partial charge in [0.25, 0.3) is 0 Å². The summed E-state index contributed by atoms with van der Waals surface area (Å²) in [6.07, 6.45) is 1.52. The summed E-state index contributed by atoms with van der Waals surface area (Å²) < 4.78 is 0. The lowest BCUT2D eigenvalue weighted by Crippen LogP contribution is -2.14. The van der Waals surface area contributed by atoms with E-state index in [0.29, 0.717) is 0 Å². The first-order valence-electron chi connectivity index (χ1n) is 1.98. The normalized spacial score (nSPS) is 7.57. The fourth-order valence-corrected chi connectivity index (χ4v) is 0.176. The largest absolute Gasteiger partial charge is 0.348 e. The van der Waals surface area contributed by atoms with E-state index in [1.54, 1.807) is 0 Å². The average Bonchev–Trinajstić information content (AvgIpc) is 1.61. The number of hydrogen-bond donors (Lipinski definition) is 1. The molecule has 0 aromatic carbocycles. The Morgan fingerprint density at radius 3 is 2.57 bits per heavy atom. The van der Waals surface area contributed by atoms with Crippen molar-refractivity contribution in [2.24, 2.45) is 0 Å². The molecule has 0 bridgehead atoms. The summed E-state index contributed by atoms with van der Waals surface area (Å²) in [5.74, 6) is -0.0695. The van der Waals surface area contributed by atoms with Crippen molar-refractivity contribution in [2.45, 2.75) is 6.92 Å². The number of carbonyl (C=O) groups excluding carboxylic acids is 1. The maximum atomic E-state index is 10.0. The molecule has 1 radical (unpaired) electrons. The van der Waals surface area contributed by atoms with Gasteiger partial charge in [-0.2, -0.15) is 0 Å². The number of carbonyl (C=O) groups is 1. The number of nitrogens with one attached hydrogen (secondary N) is 1. The highest BCUT2D eigenvalue weighted by Crippen LogP contribution is 1.66. The van der Waals surface area contributed by atoms with Crippen molar-refractivity contribution in [3.05, 3.63) is 19.2 Å². The van der Waals surface area contributed by atoms with Crippen LogP contribution in [0.1, 0.15) is 6.92 Å². The molecule has 0 aliphatic carbocycles. The van der Waals surface area contributed by atoms with E-state index in [0.717, 1.165) is 0 Å². The van der Waals surface area contributed by atoms with Crippen LogP contribution in [0, 0.1) is 6.54 Å². The highest BCUT2D eigenvalue weighted by atomic mass is 16.3. The van der Waals surface area contributed by atoms with Crippen LogP contribution in [-0.2, 0) is 4.79 Å². The van der Waals surface area contributed by atoms with Gasteiger partial charge in [-0.3, -0.25) is 4.79 Å². The lowest BCUT2D eigenvalue weighted by atomic mass is 10.7. The number of hydrogen-bond acceptors (Lipinski definition) is 1. The van der Waals surface area contributed by atoms with Crippen LogP contribution in [-0.4, -0.2) is 5.91 Å². The summed E-state index contributed by atoms with van der Waals surface area (Å²) in [5, 5.41) is 2.41. The van der Waals surface area contributed by atoms with Gasteiger partial charge in [0.2, 0.25) is 5.91 Å². The highest BCUT2D eigenvalue weighted by molar-refractivity contribution is 5.73. The van der Waals surface area contributed by atoms with Crippen LogP contribution in [0.5, 0.6) is 0 Å². The second-order valence-corrected chi connectivity index (χ2v) is 1.10. The van der Waals surface area contributed by atoms with E-state index in [-0.39, 0.29) is 5.91 Å². The molecule has 0 aliphatic rings. The molecule has 1 N–H and O–H groups in total. The van der Waals surface area contributed by atoms with Gasteiger partial charge in [0.15, 0.2) is 0 Å². The van der Waals surface area contributed by atoms with Gasteiger partial charge in [-0.25, -0.2) is 0 Å². The van der Waals surface area contributed by atoms with Crippen LogP contribution in [0.3, 0.4) is 0 Å². The quantitative estimate of drug-likeness (QED) is 0.537. The SMILES string of the molecule is C=C[CH]N[14C](C)=O. The number of amides is 1. The van der Waals surface area contributed by atoms with E-state index in [1.165, 1.54) is 19.5 Å². The molecule has 0 unspecified atom stereocenters. The van der Waals surface area contributed by atoms with E-state index >= 15 is 0 Å². The molecule has 0 atom stereocenters. The summed E-state index contributed by atoms with van der Waals surface area (Å²) in [6, 6.07) is 0. The van der Waals surface area contributed by atoms with Crippen molar-refractivity contribution in [1.82, 2.24) is 5.32 Å². The summed E-state index contributed by atoms with van der Waals surface area (Å²) >= 11 is 0. The molecule has 2 heteroatoms. The number of rotatable bonds is 2. The predicted molar refractivity (Wildman–Crippen MR) is 28.3 cm³/mol. The smallest absolute Gasteiger partial charge is 0.217 e. The minimum Gasteiger partial charge on any atom is -0.348 e. The first-order valence-corrected chi connectivity index (χ1v) is 1.98. The zero-order valence-corrected chi connectivity index (χ0v) is 4.27. The maximum Gasteiger partial charge on any atom is 0.217 e. The van der Waals surface area contributed by atoms with Crippen molar-refractivity contribution in [3.8, 4) is 0 Å². The van der Waals surface area contributed by atoms with Gasteiger partial charge in [0.05, 0.1) is 6.54 Å². The molecular formula is C5H8NO. The Labute approximate surface area is 43.2 Å². The van der Waals surface area contributed by atoms with E-state index in [4.69, 9.17) is 0 Å². The molecule has 0 fully saturated rings. The molecule has 0 aliphatic heterocycles. The molecule has 0 heterocycles. The molecule has 7 heavy (non-hydrogen) atoms. The second-order valence-electron chi connectivity index (χ2n) is 1.10. The summed E-state index contributed by atoms with van der Waals surface area (Å²) in [6.45, 7) is 6.30. The zero-order chi connectivity index (χ0) is 5.70. The third-order valence-electron chi connectivity index (χ3n) is 0.404. The minimum absolute atomic E-state index is 0.0695. The Bertz CT molecular complexity index is 78.1. The van der Waals surface area contributed by atoms with Gasteiger partial charge < -0.3 is 5.32 Å². The summed E-state index contributed by atoms with van der Waals surface area (Å²) in [5.41, 5.74) is 0. The lowest BCUT2D eigenvalue weighted by Gasteiger charge is -1.89. The molecule has 39 valence electrons. The molecule has 0 spiro atoms. The minimum atomic E-state index is -0.0695. The summed E-state index contributed by atoms with van der Waals surface area (Å²) in [4.78, 5) is 10.0. The Kier molecular flexibility index (Phi) is 3.02. The van der Waals surface area contributed by atoms with Gasteiger partial charge in [-0.05, 0) is 0 Å². The highest BCUT2D eigenvalue weighted by Gasteiger charge is 1.81. The second kappa shape index (κ2) is 3.40. The first-order chi connectivity index (χ1) is 3.27. The van der Waals surface area contributed by atoms with Crippen LogP contribution in [0.4, 0.5) is 0 Å². The van der Waals surface area contributed by atoms with Crippen LogP contribution in [0.2, 0.25) is 0 Å². The Balaban J connectivity index is 2.97. The maximum absolute atomic E-state index is 10.0. The van der Waals surface area contributed by atoms with E-state index in [1.807, 2.05) is 0 Å². The monoisotopic (exact) mass is 100 g/mol. The van der Waals surface area contributed by atoms with Crippen molar-refractivity contribution < 1.29 is 4.79 Å². The molecule has 0 rings (SSSR count). The molecule has 0 aromatic rings. The Morgan fingerprint density at radius 1 is 1.86 bits per heavy atom. The lowest BCUT2D eigenvalue weighted by molar-refractivity contribution is -0.118. The molecule has 2 nitrogen and oxygen atoms in total. The van der Waals surface area contributed by atoms with Crippen LogP contribution >= 0.6 is 0 Å². The first kappa shape index (κ1) is 6.21. The van der Waals surface area contributed by atoms with Crippen molar-refractivity contribution >= 4 is 5.91 Å². The molecule has 0 aromatic heterocycles. The topological polar surface area (TPSA) is 29.1 Å². The van der Waals surface area contributed by atoms with Gasteiger partial charge in [-0.15, -0.1) is 6.58 Å². The Morgan fingerprint density at radius 2 is 2.43 bits per heavy atom. The van der Waals surface area contributed by atoms with Crippen LogP contribution < -0.4 is 5.32 Å². The van der Waals surface area contributed by atoms with E-state index in [9.17, 15) is 4.79 Å². The fourth-order valence-electron chi connectivity index (χ4n) is 0.176. The third kappa shape index (κ3) is 5.21. The fraction of sp³-hybridized carbons (Fsp3) is 0.200. The predicted octanol–water partition coefficient (Wildman–Crippen LogP) is 0.470.